The molecule has 0 spiro atoms. The van der Waals surface area contributed by atoms with Crippen LogP contribution in [0.15, 0.2) is 29.4 Å². The molecule has 1 heterocycles. The number of thioether (sulfide) groups is 1. The molecule has 3 rings (SSSR count). The molecule has 0 atom stereocenters. The fourth-order valence-corrected chi connectivity index (χ4v) is 4.23. The quantitative estimate of drug-likeness (QED) is 0.536. The third-order valence-electron chi connectivity index (χ3n) is 4.72. The molecule has 6 nitrogen and oxygen atoms in total. The second-order valence-electron chi connectivity index (χ2n) is 6.37. The van der Waals surface area contributed by atoms with E-state index in [0.29, 0.717) is 18.2 Å². The van der Waals surface area contributed by atoms with E-state index < -0.39 is 0 Å². The van der Waals surface area contributed by atoms with Crippen LogP contribution in [0.5, 0.6) is 5.75 Å². The van der Waals surface area contributed by atoms with Crippen LogP contribution in [-0.2, 0) is 9.53 Å². The zero-order chi connectivity index (χ0) is 18.4. The summed E-state index contributed by atoms with van der Waals surface area (Å²) in [6.07, 6.45) is 6.42. The third-order valence-corrected chi connectivity index (χ3v) is 5.66. The monoisotopic (exact) mass is 375 g/mol. The molecular formula is C19H25N3O3S. The molecule has 0 unspecified atom stereocenters. The van der Waals surface area contributed by atoms with Crippen molar-refractivity contribution in [2.24, 2.45) is 0 Å². The minimum absolute atomic E-state index is 0.198. The van der Waals surface area contributed by atoms with Gasteiger partial charge in [0.1, 0.15) is 5.75 Å². The highest BCUT2D eigenvalue weighted by atomic mass is 32.2. The van der Waals surface area contributed by atoms with Crippen molar-refractivity contribution < 1.29 is 14.3 Å². The number of rotatable bonds is 7. The van der Waals surface area contributed by atoms with Gasteiger partial charge in [-0.15, -0.1) is 10.2 Å². The topological polar surface area (TPSA) is 66.2 Å². The van der Waals surface area contributed by atoms with Crippen molar-refractivity contribution in [1.29, 1.82) is 0 Å². The number of benzene rings is 1. The first-order chi connectivity index (χ1) is 12.7. The summed E-state index contributed by atoms with van der Waals surface area (Å²) in [5.74, 6) is 2.15. The van der Waals surface area contributed by atoms with Crippen molar-refractivity contribution in [1.82, 2.24) is 14.8 Å². The smallest absolute Gasteiger partial charge is 0.306 e. The van der Waals surface area contributed by atoms with Crippen LogP contribution < -0.4 is 4.74 Å². The van der Waals surface area contributed by atoms with Gasteiger partial charge in [0.05, 0.1) is 20.6 Å². The molecule has 7 heteroatoms. The lowest BCUT2D eigenvalue weighted by molar-refractivity contribution is -0.140. The second-order valence-corrected chi connectivity index (χ2v) is 7.43. The van der Waals surface area contributed by atoms with E-state index in [2.05, 4.69) is 14.8 Å². The van der Waals surface area contributed by atoms with Gasteiger partial charge in [-0.1, -0.05) is 31.0 Å². The Morgan fingerprint density at radius 3 is 2.54 bits per heavy atom. The molecular weight excluding hydrogens is 350 g/mol. The average molecular weight is 375 g/mol. The van der Waals surface area contributed by atoms with E-state index in [1.807, 2.05) is 24.3 Å². The number of carbonyl (C=O) groups excluding carboxylic acids is 1. The van der Waals surface area contributed by atoms with Crippen molar-refractivity contribution in [2.75, 3.05) is 20.0 Å². The van der Waals surface area contributed by atoms with Gasteiger partial charge in [0.25, 0.3) is 0 Å². The lowest BCUT2D eigenvalue weighted by atomic mass is 9.95. The molecule has 0 bridgehead atoms. The lowest BCUT2D eigenvalue weighted by Crippen LogP contribution is -2.15. The van der Waals surface area contributed by atoms with Crippen LogP contribution in [0.1, 0.15) is 44.6 Å². The van der Waals surface area contributed by atoms with Gasteiger partial charge in [-0.2, -0.15) is 0 Å². The zero-order valence-corrected chi connectivity index (χ0v) is 16.1. The minimum atomic E-state index is -0.198. The number of esters is 1. The molecule has 1 aliphatic carbocycles. The van der Waals surface area contributed by atoms with Gasteiger partial charge >= 0.3 is 5.97 Å². The maximum atomic E-state index is 11.4. The summed E-state index contributed by atoms with van der Waals surface area (Å²) in [7, 11) is 3.08. The van der Waals surface area contributed by atoms with Crippen LogP contribution in [0.3, 0.4) is 0 Å². The second kappa shape index (κ2) is 9.07. The highest BCUT2D eigenvalue weighted by molar-refractivity contribution is 7.99. The van der Waals surface area contributed by atoms with Crippen LogP contribution in [0.25, 0.3) is 11.4 Å². The molecule has 0 amide bonds. The molecule has 0 saturated heterocycles. The SMILES string of the molecule is COC(=O)CCSc1nnc(-c2ccc(OC)cc2)n1C1CCCCC1. The van der Waals surface area contributed by atoms with Gasteiger partial charge in [0, 0.05) is 17.4 Å². The summed E-state index contributed by atoms with van der Waals surface area (Å²) in [6, 6.07) is 8.34. The maximum Gasteiger partial charge on any atom is 0.306 e. The number of hydrogen-bond donors (Lipinski definition) is 0. The fraction of sp³-hybridized carbons (Fsp3) is 0.526. The van der Waals surface area contributed by atoms with E-state index >= 15 is 0 Å². The van der Waals surface area contributed by atoms with Gasteiger partial charge < -0.3 is 9.47 Å². The third kappa shape index (κ3) is 4.38. The van der Waals surface area contributed by atoms with Crippen LogP contribution in [0.2, 0.25) is 0 Å². The normalized spacial score (nSPS) is 15.0. The molecule has 1 aliphatic rings. The molecule has 0 aliphatic heterocycles. The summed E-state index contributed by atoms with van der Waals surface area (Å²) in [6.45, 7) is 0. The van der Waals surface area contributed by atoms with Crippen molar-refractivity contribution in [3.05, 3.63) is 24.3 Å². The summed E-state index contributed by atoms with van der Waals surface area (Å²) < 4.78 is 12.2. The first kappa shape index (κ1) is 18.8. The standard InChI is InChI=1S/C19H25N3O3S/c1-24-16-10-8-14(9-11-16)18-20-21-19(26-13-12-17(23)25-2)22(18)15-6-4-3-5-7-15/h8-11,15H,3-7,12-13H2,1-2H3. The molecule has 0 radical (unpaired) electrons. The van der Waals surface area contributed by atoms with Gasteiger partial charge in [0.2, 0.25) is 0 Å². The van der Waals surface area contributed by atoms with Crippen molar-refractivity contribution in [2.45, 2.75) is 49.7 Å². The van der Waals surface area contributed by atoms with Crippen molar-refractivity contribution in [3.8, 4) is 17.1 Å². The predicted molar refractivity (Wildman–Crippen MR) is 101 cm³/mol. The Balaban J connectivity index is 1.86. The Hall–Kier alpha value is -2.02. The van der Waals surface area contributed by atoms with Crippen LogP contribution in [0, 0.1) is 0 Å². The van der Waals surface area contributed by atoms with E-state index in [9.17, 15) is 4.79 Å². The highest BCUT2D eigenvalue weighted by Gasteiger charge is 2.24. The highest BCUT2D eigenvalue weighted by Crippen LogP contribution is 2.36. The van der Waals surface area contributed by atoms with Crippen LogP contribution in [-0.4, -0.2) is 40.7 Å². The molecule has 26 heavy (non-hydrogen) atoms. The van der Waals surface area contributed by atoms with Crippen LogP contribution in [0.4, 0.5) is 0 Å². The Morgan fingerprint density at radius 2 is 1.88 bits per heavy atom. The lowest BCUT2D eigenvalue weighted by Gasteiger charge is -2.25. The summed E-state index contributed by atoms with van der Waals surface area (Å²) >= 11 is 1.57. The largest absolute Gasteiger partial charge is 0.497 e. The number of nitrogens with zero attached hydrogens (tertiary/aromatic N) is 3. The fourth-order valence-electron chi connectivity index (χ4n) is 3.31. The van der Waals surface area contributed by atoms with E-state index in [-0.39, 0.29) is 5.97 Å². The van der Waals surface area contributed by atoms with Gasteiger partial charge in [-0.05, 0) is 37.1 Å². The van der Waals surface area contributed by atoms with Crippen molar-refractivity contribution in [3.63, 3.8) is 0 Å². The van der Waals surface area contributed by atoms with Gasteiger partial charge in [-0.3, -0.25) is 9.36 Å². The molecule has 1 aromatic carbocycles. The van der Waals surface area contributed by atoms with Crippen LogP contribution >= 0.6 is 11.8 Å². The zero-order valence-electron chi connectivity index (χ0n) is 15.3. The Kier molecular flexibility index (Phi) is 6.55. The Labute approximate surface area is 158 Å². The maximum absolute atomic E-state index is 11.4. The Morgan fingerprint density at radius 1 is 1.15 bits per heavy atom. The predicted octanol–water partition coefficient (Wildman–Crippen LogP) is 4.11. The average Bonchev–Trinajstić information content (AvgIpc) is 3.12. The summed E-state index contributed by atoms with van der Waals surface area (Å²) in [5, 5.41) is 9.78. The molecule has 1 fully saturated rings. The first-order valence-electron chi connectivity index (χ1n) is 9.02. The van der Waals surface area contributed by atoms with E-state index in [1.54, 1.807) is 18.9 Å². The number of hydrogen-bond acceptors (Lipinski definition) is 6. The number of ether oxygens (including phenoxy) is 2. The minimum Gasteiger partial charge on any atom is -0.497 e. The van der Waals surface area contributed by atoms with Crippen molar-refractivity contribution >= 4 is 17.7 Å². The van der Waals surface area contributed by atoms with E-state index in [4.69, 9.17) is 9.47 Å². The molecule has 1 saturated carbocycles. The number of methoxy groups -OCH3 is 2. The number of carbonyl (C=O) groups is 1. The summed E-state index contributed by atoms with van der Waals surface area (Å²) in [5.41, 5.74) is 1.03. The molecule has 0 N–H and O–H groups in total. The molecule has 2 aromatic rings. The van der Waals surface area contributed by atoms with E-state index in [0.717, 1.165) is 35.1 Å². The van der Waals surface area contributed by atoms with Gasteiger partial charge in [0.15, 0.2) is 11.0 Å². The number of aromatic nitrogens is 3. The first-order valence-corrected chi connectivity index (χ1v) is 10.0. The Bertz CT molecular complexity index is 724. The molecule has 1 aromatic heterocycles. The summed E-state index contributed by atoms with van der Waals surface area (Å²) in [4.78, 5) is 11.4. The van der Waals surface area contributed by atoms with E-state index in [1.165, 1.54) is 26.4 Å². The molecule has 140 valence electrons. The van der Waals surface area contributed by atoms with Gasteiger partial charge in [-0.25, -0.2) is 0 Å².